The maximum atomic E-state index is 12.7. The van der Waals surface area contributed by atoms with Crippen molar-refractivity contribution in [3.05, 3.63) is 48.3 Å². The molecule has 1 atom stereocenters. The quantitative estimate of drug-likeness (QED) is 0.844. The third-order valence-electron chi connectivity index (χ3n) is 4.19. The summed E-state index contributed by atoms with van der Waals surface area (Å²) in [6, 6.07) is 8.78. The topological polar surface area (TPSA) is 80.2 Å². The smallest absolute Gasteiger partial charge is 0.255 e. The SMILES string of the molecule is CCN(C(=O)c1ccc(-c2ccccn2)nc1)C1CCS(=O)(=O)C1. The van der Waals surface area contributed by atoms with Gasteiger partial charge < -0.3 is 4.90 Å². The van der Waals surface area contributed by atoms with E-state index in [9.17, 15) is 13.2 Å². The zero-order valence-electron chi connectivity index (χ0n) is 13.4. The van der Waals surface area contributed by atoms with Crippen molar-refractivity contribution in [2.75, 3.05) is 18.1 Å². The van der Waals surface area contributed by atoms with Crippen LogP contribution in [0.1, 0.15) is 23.7 Å². The second-order valence-electron chi connectivity index (χ2n) is 5.80. The first-order valence-electron chi connectivity index (χ1n) is 7.89. The largest absolute Gasteiger partial charge is 0.335 e. The molecular formula is C17H19N3O3S. The number of sulfone groups is 1. The number of aromatic nitrogens is 2. The molecule has 0 N–H and O–H groups in total. The lowest BCUT2D eigenvalue weighted by atomic mass is 10.1. The van der Waals surface area contributed by atoms with Gasteiger partial charge in [-0.05, 0) is 37.6 Å². The maximum absolute atomic E-state index is 12.7. The highest BCUT2D eigenvalue weighted by atomic mass is 32.2. The Hall–Kier alpha value is -2.28. The lowest BCUT2D eigenvalue weighted by Crippen LogP contribution is -2.41. The number of nitrogens with zero attached hydrogens (tertiary/aromatic N) is 3. The third kappa shape index (κ3) is 3.46. The number of carbonyl (C=O) groups is 1. The predicted octanol–water partition coefficient (Wildman–Crippen LogP) is 1.79. The molecule has 0 radical (unpaired) electrons. The van der Waals surface area contributed by atoms with E-state index < -0.39 is 9.84 Å². The molecule has 1 fully saturated rings. The van der Waals surface area contributed by atoms with Crippen molar-refractivity contribution >= 4 is 15.7 Å². The van der Waals surface area contributed by atoms with Crippen LogP contribution in [0.25, 0.3) is 11.4 Å². The van der Waals surface area contributed by atoms with Gasteiger partial charge >= 0.3 is 0 Å². The first-order valence-corrected chi connectivity index (χ1v) is 9.71. The molecule has 0 spiro atoms. The minimum Gasteiger partial charge on any atom is -0.335 e. The van der Waals surface area contributed by atoms with Crippen LogP contribution in [-0.4, -0.2) is 53.3 Å². The molecule has 2 aromatic rings. The van der Waals surface area contributed by atoms with Gasteiger partial charge in [0, 0.05) is 25.0 Å². The first-order chi connectivity index (χ1) is 11.5. The van der Waals surface area contributed by atoms with E-state index in [0.717, 1.165) is 5.69 Å². The van der Waals surface area contributed by atoms with E-state index in [1.807, 2.05) is 25.1 Å². The summed E-state index contributed by atoms with van der Waals surface area (Å²) in [5.41, 5.74) is 1.89. The number of rotatable bonds is 4. The van der Waals surface area contributed by atoms with E-state index in [2.05, 4.69) is 9.97 Å². The van der Waals surface area contributed by atoms with Crippen molar-refractivity contribution in [3.8, 4) is 11.4 Å². The van der Waals surface area contributed by atoms with E-state index in [1.54, 1.807) is 23.2 Å². The highest BCUT2D eigenvalue weighted by Crippen LogP contribution is 2.20. The van der Waals surface area contributed by atoms with Gasteiger partial charge in [0.2, 0.25) is 0 Å². The van der Waals surface area contributed by atoms with Crippen LogP contribution < -0.4 is 0 Å². The lowest BCUT2D eigenvalue weighted by Gasteiger charge is -2.26. The number of pyridine rings is 2. The van der Waals surface area contributed by atoms with Crippen LogP contribution in [0.15, 0.2) is 42.7 Å². The van der Waals surface area contributed by atoms with E-state index in [-0.39, 0.29) is 23.5 Å². The molecule has 6 nitrogen and oxygen atoms in total. The van der Waals surface area contributed by atoms with E-state index in [0.29, 0.717) is 24.2 Å². The molecule has 24 heavy (non-hydrogen) atoms. The Morgan fingerprint density at radius 1 is 1.21 bits per heavy atom. The molecule has 1 aliphatic rings. The summed E-state index contributed by atoms with van der Waals surface area (Å²) >= 11 is 0. The normalized spacial score (nSPS) is 19.1. The zero-order valence-corrected chi connectivity index (χ0v) is 14.2. The minimum atomic E-state index is -3.03. The Kier molecular flexibility index (Phi) is 4.62. The van der Waals surface area contributed by atoms with Gasteiger partial charge in [-0.2, -0.15) is 0 Å². The van der Waals surface area contributed by atoms with E-state index >= 15 is 0 Å². The molecule has 3 heterocycles. The fourth-order valence-electron chi connectivity index (χ4n) is 2.94. The van der Waals surface area contributed by atoms with Crippen molar-refractivity contribution in [3.63, 3.8) is 0 Å². The molecule has 1 amide bonds. The van der Waals surface area contributed by atoms with Crippen molar-refractivity contribution in [1.29, 1.82) is 0 Å². The Morgan fingerprint density at radius 2 is 2.00 bits per heavy atom. The Bertz CT molecular complexity index is 820. The van der Waals surface area contributed by atoms with Crippen molar-refractivity contribution in [1.82, 2.24) is 14.9 Å². The van der Waals surface area contributed by atoms with Gasteiger partial charge in [-0.1, -0.05) is 6.07 Å². The van der Waals surface area contributed by atoms with Gasteiger partial charge in [0.25, 0.3) is 5.91 Å². The highest BCUT2D eigenvalue weighted by molar-refractivity contribution is 7.91. The van der Waals surface area contributed by atoms with Crippen LogP contribution in [0.2, 0.25) is 0 Å². The van der Waals surface area contributed by atoms with Crippen LogP contribution in [0.3, 0.4) is 0 Å². The number of carbonyl (C=O) groups excluding carboxylic acids is 1. The molecular weight excluding hydrogens is 326 g/mol. The predicted molar refractivity (Wildman–Crippen MR) is 91.2 cm³/mol. The molecule has 1 aliphatic heterocycles. The summed E-state index contributed by atoms with van der Waals surface area (Å²) in [6.45, 7) is 2.33. The van der Waals surface area contributed by atoms with E-state index in [4.69, 9.17) is 0 Å². The number of hydrogen-bond acceptors (Lipinski definition) is 5. The van der Waals surface area contributed by atoms with Crippen LogP contribution in [0, 0.1) is 0 Å². The maximum Gasteiger partial charge on any atom is 0.255 e. The first kappa shape index (κ1) is 16.6. The van der Waals surface area contributed by atoms with Crippen molar-refractivity contribution < 1.29 is 13.2 Å². The third-order valence-corrected chi connectivity index (χ3v) is 5.94. The molecule has 0 aliphatic carbocycles. The lowest BCUT2D eigenvalue weighted by molar-refractivity contribution is 0.0708. The molecule has 7 heteroatoms. The summed E-state index contributed by atoms with van der Waals surface area (Å²) in [6.07, 6.45) is 3.72. The summed E-state index contributed by atoms with van der Waals surface area (Å²) in [7, 11) is -3.03. The van der Waals surface area contributed by atoms with Gasteiger partial charge in [0.05, 0.1) is 28.5 Å². The number of amides is 1. The molecule has 126 valence electrons. The molecule has 0 aromatic carbocycles. The van der Waals surface area contributed by atoms with Crippen molar-refractivity contribution in [2.45, 2.75) is 19.4 Å². The highest BCUT2D eigenvalue weighted by Gasteiger charge is 2.34. The second-order valence-corrected chi connectivity index (χ2v) is 8.02. The Labute approximate surface area is 141 Å². The summed E-state index contributed by atoms with van der Waals surface area (Å²) in [5.74, 6) is 0.0179. The summed E-state index contributed by atoms with van der Waals surface area (Å²) < 4.78 is 23.3. The average Bonchev–Trinajstić information content (AvgIpc) is 2.96. The van der Waals surface area contributed by atoms with Crippen LogP contribution in [-0.2, 0) is 9.84 Å². The van der Waals surface area contributed by atoms with Gasteiger partial charge in [-0.3, -0.25) is 14.8 Å². The monoisotopic (exact) mass is 345 g/mol. The van der Waals surface area contributed by atoms with Crippen LogP contribution in [0.5, 0.6) is 0 Å². The Morgan fingerprint density at radius 3 is 2.54 bits per heavy atom. The molecule has 1 unspecified atom stereocenters. The average molecular weight is 345 g/mol. The van der Waals surface area contributed by atoms with Gasteiger partial charge in [0.15, 0.2) is 9.84 Å². The standard InChI is InChI=1S/C17H19N3O3S/c1-2-20(14-8-10-24(22,23)12-14)17(21)13-6-7-16(19-11-13)15-5-3-4-9-18-15/h3-7,9,11,14H,2,8,10,12H2,1H3. The summed E-state index contributed by atoms with van der Waals surface area (Å²) in [5, 5.41) is 0. The minimum absolute atomic E-state index is 0.0476. The molecule has 3 rings (SSSR count). The molecule has 2 aromatic heterocycles. The molecule has 1 saturated heterocycles. The molecule has 0 saturated carbocycles. The number of hydrogen-bond donors (Lipinski definition) is 0. The molecule has 0 bridgehead atoms. The van der Waals surface area contributed by atoms with Crippen LogP contribution >= 0.6 is 0 Å². The van der Waals surface area contributed by atoms with Crippen molar-refractivity contribution in [2.24, 2.45) is 0 Å². The second kappa shape index (κ2) is 6.68. The fraction of sp³-hybridized carbons (Fsp3) is 0.353. The van der Waals surface area contributed by atoms with Crippen LogP contribution in [0.4, 0.5) is 0 Å². The van der Waals surface area contributed by atoms with Gasteiger partial charge in [-0.15, -0.1) is 0 Å². The van der Waals surface area contributed by atoms with E-state index in [1.165, 1.54) is 6.20 Å². The summed E-state index contributed by atoms with van der Waals surface area (Å²) in [4.78, 5) is 22.9. The van der Waals surface area contributed by atoms with Gasteiger partial charge in [0.1, 0.15) is 0 Å². The fourth-order valence-corrected chi connectivity index (χ4v) is 4.67. The zero-order chi connectivity index (χ0) is 17.2. The van der Waals surface area contributed by atoms with Gasteiger partial charge in [-0.25, -0.2) is 8.42 Å². The Balaban J connectivity index is 1.79.